The summed E-state index contributed by atoms with van der Waals surface area (Å²) in [5.74, 6) is 1.60. The highest BCUT2D eigenvalue weighted by Gasteiger charge is 2.20. The van der Waals surface area contributed by atoms with Gasteiger partial charge in [-0.15, -0.1) is 0 Å². The van der Waals surface area contributed by atoms with Crippen LogP contribution in [0.3, 0.4) is 0 Å². The van der Waals surface area contributed by atoms with E-state index in [4.69, 9.17) is 16.1 Å². The third-order valence-electron chi connectivity index (χ3n) is 4.16. The number of carbonyl (C=O) groups excluding carboxylic acids is 1. The Bertz CT molecular complexity index is 682. The molecule has 2 rings (SSSR count). The summed E-state index contributed by atoms with van der Waals surface area (Å²) >= 11 is 5.90. The molecule has 1 amide bonds. The Morgan fingerprint density at radius 1 is 1.24 bits per heavy atom. The molecule has 5 nitrogen and oxygen atoms in total. The number of amides is 1. The first-order chi connectivity index (χ1) is 11.9. The summed E-state index contributed by atoms with van der Waals surface area (Å²) in [6, 6.07) is 7.50. The van der Waals surface area contributed by atoms with Gasteiger partial charge in [0, 0.05) is 36.0 Å². The number of hydrogen-bond donors (Lipinski definition) is 0. The average molecular weight is 364 g/mol. The Labute approximate surface area is 154 Å². The monoisotopic (exact) mass is 363 g/mol. The Balaban J connectivity index is 2.02. The van der Waals surface area contributed by atoms with Crippen LogP contribution in [0.4, 0.5) is 0 Å². The van der Waals surface area contributed by atoms with E-state index in [1.807, 2.05) is 17.0 Å². The third-order valence-corrected chi connectivity index (χ3v) is 4.42. The number of aromatic nitrogens is 2. The lowest BCUT2D eigenvalue weighted by atomic mass is 10.1. The van der Waals surface area contributed by atoms with Crippen LogP contribution in [-0.4, -0.2) is 33.5 Å². The van der Waals surface area contributed by atoms with E-state index in [2.05, 4.69) is 37.8 Å². The van der Waals surface area contributed by atoms with Crippen LogP contribution in [0, 0.1) is 5.92 Å². The van der Waals surface area contributed by atoms with Crippen molar-refractivity contribution < 1.29 is 9.32 Å². The number of rotatable bonds is 8. The molecule has 0 unspecified atom stereocenters. The van der Waals surface area contributed by atoms with Gasteiger partial charge in [0.1, 0.15) is 0 Å². The van der Waals surface area contributed by atoms with Gasteiger partial charge in [-0.25, -0.2) is 0 Å². The molecule has 2 aromatic rings. The van der Waals surface area contributed by atoms with Crippen LogP contribution in [-0.2, 0) is 11.2 Å². The van der Waals surface area contributed by atoms with Crippen molar-refractivity contribution in [2.24, 2.45) is 5.92 Å². The second kappa shape index (κ2) is 8.99. The van der Waals surface area contributed by atoms with Crippen LogP contribution < -0.4 is 0 Å². The van der Waals surface area contributed by atoms with Crippen molar-refractivity contribution in [3.63, 3.8) is 0 Å². The molecular formula is C19H26ClN3O2. The summed E-state index contributed by atoms with van der Waals surface area (Å²) in [5, 5.41) is 4.69. The molecule has 0 N–H and O–H groups in total. The van der Waals surface area contributed by atoms with Gasteiger partial charge in [-0.1, -0.05) is 37.5 Å². The smallest absolute Gasteiger partial charge is 0.228 e. The highest BCUT2D eigenvalue weighted by molar-refractivity contribution is 6.30. The lowest BCUT2D eigenvalue weighted by molar-refractivity contribution is -0.134. The zero-order chi connectivity index (χ0) is 18.4. The van der Waals surface area contributed by atoms with Crippen LogP contribution in [0.1, 0.15) is 46.4 Å². The summed E-state index contributed by atoms with van der Waals surface area (Å²) in [5.41, 5.74) is 0.856. The lowest BCUT2D eigenvalue weighted by Gasteiger charge is -2.29. The second-order valence-electron chi connectivity index (χ2n) is 6.71. The standard InChI is InChI=1S/C19H26ClN3O2/c1-5-14(4)23(18(24)12-13(2)3)11-10-17-21-19(22-25-17)15-6-8-16(20)9-7-15/h6-9,13-14H,5,10-12H2,1-4H3/t14-/m0/s1. The minimum Gasteiger partial charge on any atom is -0.339 e. The molecule has 0 aliphatic carbocycles. The van der Waals surface area contributed by atoms with Crippen molar-refractivity contribution in [1.82, 2.24) is 15.0 Å². The fourth-order valence-corrected chi connectivity index (χ4v) is 2.69. The van der Waals surface area contributed by atoms with Crippen LogP contribution in [0.25, 0.3) is 11.4 Å². The fraction of sp³-hybridized carbons (Fsp3) is 0.526. The van der Waals surface area contributed by atoms with Gasteiger partial charge in [0.25, 0.3) is 0 Å². The summed E-state index contributed by atoms with van der Waals surface area (Å²) in [7, 11) is 0. The molecule has 0 radical (unpaired) electrons. The van der Waals surface area contributed by atoms with E-state index < -0.39 is 0 Å². The van der Waals surface area contributed by atoms with Gasteiger partial charge in [0.15, 0.2) is 0 Å². The molecule has 1 aromatic heterocycles. The molecule has 1 heterocycles. The van der Waals surface area contributed by atoms with E-state index in [0.29, 0.717) is 42.0 Å². The zero-order valence-electron chi connectivity index (χ0n) is 15.3. The highest BCUT2D eigenvalue weighted by Crippen LogP contribution is 2.19. The van der Waals surface area contributed by atoms with Gasteiger partial charge in [0.2, 0.25) is 17.6 Å². The minimum atomic E-state index is 0.182. The first-order valence-corrected chi connectivity index (χ1v) is 9.16. The first-order valence-electron chi connectivity index (χ1n) is 8.78. The molecule has 1 aromatic carbocycles. The van der Waals surface area contributed by atoms with Gasteiger partial charge < -0.3 is 9.42 Å². The molecule has 0 aliphatic heterocycles. The predicted molar refractivity (Wildman–Crippen MR) is 99.4 cm³/mol. The maximum Gasteiger partial charge on any atom is 0.228 e. The number of carbonyl (C=O) groups is 1. The highest BCUT2D eigenvalue weighted by atomic mass is 35.5. The molecule has 0 aliphatic rings. The SMILES string of the molecule is CC[C@H](C)N(CCc1nc(-c2ccc(Cl)cc2)no1)C(=O)CC(C)C. The van der Waals surface area contributed by atoms with E-state index in [1.165, 1.54) is 0 Å². The summed E-state index contributed by atoms with van der Waals surface area (Å²) < 4.78 is 5.34. The van der Waals surface area contributed by atoms with Crippen LogP contribution >= 0.6 is 11.6 Å². The fourth-order valence-electron chi connectivity index (χ4n) is 2.57. The zero-order valence-corrected chi connectivity index (χ0v) is 16.1. The normalized spacial score (nSPS) is 12.4. The Hall–Kier alpha value is -1.88. The molecule has 0 bridgehead atoms. The average Bonchev–Trinajstić information content (AvgIpc) is 3.03. The number of benzene rings is 1. The molecule has 0 saturated carbocycles. The van der Waals surface area contributed by atoms with Crippen LogP contribution in [0.15, 0.2) is 28.8 Å². The van der Waals surface area contributed by atoms with Crippen molar-refractivity contribution >= 4 is 17.5 Å². The maximum atomic E-state index is 12.5. The number of nitrogens with zero attached hydrogens (tertiary/aromatic N) is 3. The second-order valence-corrected chi connectivity index (χ2v) is 7.15. The van der Waals surface area contributed by atoms with Crippen molar-refractivity contribution in [3.05, 3.63) is 35.2 Å². The van der Waals surface area contributed by atoms with Crippen molar-refractivity contribution in [1.29, 1.82) is 0 Å². The molecule has 0 fully saturated rings. The summed E-state index contributed by atoms with van der Waals surface area (Å²) in [6.45, 7) is 8.87. The predicted octanol–water partition coefficient (Wildman–Crippen LogP) is 4.61. The first kappa shape index (κ1) is 19.4. The third kappa shape index (κ3) is 5.56. The van der Waals surface area contributed by atoms with Gasteiger partial charge in [-0.2, -0.15) is 4.98 Å². The van der Waals surface area contributed by atoms with Crippen molar-refractivity contribution in [3.8, 4) is 11.4 Å². The molecule has 0 spiro atoms. The Morgan fingerprint density at radius 2 is 1.92 bits per heavy atom. The molecule has 25 heavy (non-hydrogen) atoms. The maximum absolute atomic E-state index is 12.5. The topological polar surface area (TPSA) is 59.2 Å². The Kier molecular flexibility index (Phi) is 7.00. The number of halogens is 1. The molecule has 0 saturated heterocycles. The van der Waals surface area contributed by atoms with Crippen LogP contribution in [0.5, 0.6) is 0 Å². The van der Waals surface area contributed by atoms with Crippen LogP contribution in [0.2, 0.25) is 5.02 Å². The Morgan fingerprint density at radius 3 is 2.52 bits per heavy atom. The molecular weight excluding hydrogens is 338 g/mol. The van der Waals surface area contributed by atoms with E-state index in [1.54, 1.807) is 12.1 Å². The van der Waals surface area contributed by atoms with Gasteiger partial charge >= 0.3 is 0 Å². The van der Waals surface area contributed by atoms with E-state index >= 15 is 0 Å². The van der Waals surface area contributed by atoms with E-state index in [0.717, 1.165) is 12.0 Å². The summed E-state index contributed by atoms with van der Waals surface area (Å²) in [4.78, 5) is 18.8. The van der Waals surface area contributed by atoms with Crippen molar-refractivity contribution in [2.75, 3.05) is 6.54 Å². The molecule has 1 atom stereocenters. The molecule has 136 valence electrons. The van der Waals surface area contributed by atoms with Gasteiger partial charge in [0.05, 0.1) is 0 Å². The number of hydrogen-bond acceptors (Lipinski definition) is 4. The van der Waals surface area contributed by atoms with Crippen molar-refractivity contribution in [2.45, 2.75) is 53.0 Å². The minimum absolute atomic E-state index is 0.182. The lowest BCUT2D eigenvalue weighted by Crippen LogP contribution is -2.40. The van der Waals surface area contributed by atoms with Gasteiger partial charge in [-0.3, -0.25) is 4.79 Å². The summed E-state index contributed by atoms with van der Waals surface area (Å²) in [6.07, 6.45) is 2.03. The molecule has 6 heteroatoms. The quantitative estimate of drug-likeness (QED) is 0.687. The largest absolute Gasteiger partial charge is 0.339 e. The van der Waals surface area contributed by atoms with Gasteiger partial charge in [-0.05, 0) is 43.5 Å². The van der Waals surface area contributed by atoms with E-state index in [9.17, 15) is 4.79 Å². The van der Waals surface area contributed by atoms with E-state index in [-0.39, 0.29) is 11.9 Å².